The predicted molar refractivity (Wildman–Crippen MR) is 111 cm³/mol. The smallest absolute Gasteiger partial charge is 0.269 e. The maximum Gasteiger partial charge on any atom is 0.269 e. The Balaban J connectivity index is 1.70. The van der Waals surface area contributed by atoms with Gasteiger partial charge in [-0.1, -0.05) is 30.0 Å². The molecule has 0 atom stereocenters. The standard InChI is InChI=1S/C18H15N3O5S2/c1-26-15-8-11(2-7-14(15)22)9-16-17(23)20(18(27)28-16)10-19-12-3-5-13(6-4-12)21(24)25/h2-9,19,22H,10H2,1H3/b16-9-. The SMILES string of the molecule is COc1cc(/C=C2\SC(=S)N(CNc3ccc([N+](=O)[O-])cc3)C2=O)ccc1O. The Bertz CT molecular complexity index is 976. The van der Waals surface area contributed by atoms with Crippen molar-refractivity contribution in [3.8, 4) is 11.5 Å². The fourth-order valence-electron chi connectivity index (χ4n) is 2.44. The van der Waals surface area contributed by atoms with Crippen LogP contribution < -0.4 is 10.1 Å². The number of hydrogen-bond acceptors (Lipinski definition) is 8. The summed E-state index contributed by atoms with van der Waals surface area (Å²) in [6, 6.07) is 10.7. The van der Waals surface area contributed by atoms with Gasteiger partial charge in [-0.05, 0) is 35.9 Å². The van der Waals surface area contributed by atoms with Crippen molar-refractivity contribution in [2.75, 3.05) is 19.1 Å². The summed E-state index contributed by atoms with van der Waals surface area (Å²) in [5.74, 6) is 0.0695. The lowest BCUT2D eigenvalue weighted by molar-refractivity contribution is -0.384. The third-order valence-electron chi connectivity index (χ3n) is 3.89. The van der Waals surface area contributed by atoms with Gasteiger partial charge in [-0.3, -0.25) is 19.8 Å². The molecule has 0 aromatic heterocycles. The molecule has 3 rings (SSSR count). The fraction of sp³-hybridized carbons (Fsp3) is 0.111. The van der Waals surface area contributed by atoms with E-state index in [1.54, 1.807) is 30.3 Å². The van der Waals surface area contributed by atoms with Crippen molar-refractivity contribution in [2.45, 2.75) is 0 Å². The van der Waals surface area contributed by atoms with Crippen molar-refractivity contribution in [1.29, 1.82) is 0 Å². The number of nitrogens with zero attached hydrogens (tertiary/aromatic N) is 2. The van der Waals surface area contributed by atoms with Gasteiger partial charge in [0.2, 0.25) is 0 Å². The average Bonchev–Trinajstić information content (AvgIpc) is 2.94. The van der Waals surface area contributed by atoms with Crippen LogP contribution in [0.2, 0.25) is 0 Å². The number of hydrogen-bond donors (Lipinski definition) is 2. The first-order valence-corrected chi connectivity index (χ1v) is 9.22. The number of carbonyl (C=O) groups is 1. The van der Waals surface area contributed by atoms with Crippen LogP contribution in [0, 0.1) is 10.1 Å². The number of nitro benzene ring substituents is 1. The number of nitro groups is 1. The molecule has 0 saturated carbocycles. The Hall–Kier alpha value is -3.11. The first kappa shape index (κ1) is 19.6. The van der Waals surface area contributed by atoms with Crippen LogP contribution in [0.3, 0.4) is 0 Å². The van der Waals surface area contributed by atoms with E-state index in [9.17, 15) is 20.0 Å². The largest absolute Gasteiger partial charge is 0.504 e. The molecule has 8 nitrogen and oxygen atoms in total. The van der Waals surface area contributed by atoms with Gasteiger partial charge in [-0.25, -0.2) is 0 Å². The normalized spacial score (nSPS) is 15.2. The molecule has 0 aliphatic carbocycles. The van der Waals surface area contributed by atoms with Crippen LogP contribution in [0.1, 0.15) is 5.56 Å². The van der Waals surface area contributed by atoms with Gasteiger partial charge in [0.1, 0.15) is 4.32 Å². The molecule has 1 aliphatic heterocycles. The number of thiocarbonyl (C=S) groups is 1. The van der Waals surface area contributed by atoms with Gasteiger partial charge in [0, 0.05) is 17.8 Å². The quantitative estimate of drug-likeness (QED) is 0.318. The van der Waals surface area contributed by atoms with Gasteiger partial charge in [-0.15, -0.1) is 0 Å². The molecule has 10 heteroatoms. The summed E-state index contributed by atoms with van der Waals surface area (Å²) in [5, 5.41) is 23.4. The first-order chi connectivity index (χ1) is 13.4. The number of non-ortho nitro benzene ring substituents is 1. The third-order valence-corrected chi connectivity index (χ3v) is 5.27. The number of thioether (sulfide) groups is 1. The monoisotopic (exact) mass is 417 g/mol. The molecule has 2 aromatic carbocycles. The van der Waals surface area contributed by atoms with E-state index < -0.39 is 4.92 Å². The number of rotatable bonds is 6. The number of phenols is 1. The average molecular weight is 417 g/mol. The van der Waals surface area contributed by atoms with E-state index in [4.69, 9.17) is 17.0 Å². The number of anilines is 1. The topological polar surface area (TPSA) is 105 Å². The second kappa shape index (κ2) is 8.28. The fourth-order valence-corrected chi connectivity index (χ4v) is 3.70. The van der Waals surface area contributed by atoms with Crippen LogP contribution in [0.15, 0.2) is 47.4 Å². The van der Waals surface area contributed by atoms with E-state index in [-0.39, 0.29) is 24.0 Å². The predicted octanol–water partition coefficient (Wildman–Crippen LogP) is 3.58. The molecule has 1 saturated heterocycles. The lowest BCUT2D eigenvalue weighted by Gasteiger charge is -2.16. The van der Waals surface area contributed by atoms with Crippen LogP contribution in [-0.4, -0.2) is 38.9 Å². The van der Waals surface area contributed by atoms with Crippen LogP contribution in [0.5, 0.6) is 11.5 Å². The highest BCUT2D eigenvalue weighted by atomic mass is 32.2. The summed E-state index contributed by atoms with van der Waals surface area (Å²) in [6.45, 7) is 0.138. The van der Waals surface area contributed by atoms with Crippen LogP contribution in [-0.2, 0) is 4.79 Å². The molecule has 0 unspecified atom stereocenters. The Morgan fingerprint density at radius 3 is 2.68 bits per heavy atom. The van der Waals surface area contributed by atoms with Gasteiger partial charge in [-0.2, -0.15) is 0 Å². The minimum absolute atomic E-state index is 0.0107. The molecular weight excluding hydrogens is 402 g/mol. The number of ether oxygens (including phenoxy) is 1. The zero-order valence-electron chi connectivity index (χ0n) is 14.6. The molecule has 0 spiro atoms. The van der Waals surface area contributed by atoms with Crippen molar-refractivity contribution >= 4 is 51.7 Å². The molecule has 0 radical (unpaired) electrons. The van der Waals surface area contributed by atoms with E-state index in [1.165, 1.54) is 42.0 Å². The van der Waals surface area contributed by atoms with E-state index >= 15 is 0 Å². The third kappa shape index (κ3) is 4.24. The highest BCUT2D eigenvalue weighted by molar-refractivity contribution is 8.26. The van der Waals surface area contributed by atoms with Crippen LogP contribution in [0.4, 0.5) is 11.4 Å². The van der Waals surface area contributed by atoms with Crippen molar-refractivity contribution in [3.05, 3.63) is 63.0 Å². The Kier molecular flexibility index (Phi) is 5.81. The van der Waals surface area contributed by atoms with Crippen LogP contribution in [0.25, 0.3) is 6.08 Å². The second-order valence-corrected chi connectivity index (χ2v) is 7.36. The van der Waals surface area contributed by atoms with E-state index in [1.807, 2.05) is 0 Å². The van der Waals surface area contributed by atoms with Crippen molar-refractivity contribution < 1.29 is 19.6 Å². The number of aromatic hydroxyl groups is 1. The second-order valence-electron chi connectivity index (χ2n) is 5.68. The first-order valence-electron chi connectivity index (χ1n) is 7.99. The Morgan fingerprint density at radius 1 is 1.32 bits per heavy atom. The molecule has 2 N–H and O–H groups in total. The molecule has 2 aromatic rings. The van der Waals surface area contributed by atoms with Crippen molar-refractivity contribution in [1.82, 2.24) is 4.90 Å². The summed E-state index contributed by atoms with van der Waals surface area (Å²) in [4.78, 5) is 24.7. The molecule has 1 fully saturated rings. The molecule has 28 heavy (non-hydrogen) atoms. The summed E-state index contributed by atoms with van der Waals surface area (Å²) in [7, 11) is 1.45. The van der Waals surface area contributed by atoms with Gasteiger partial charge < -0.3 is 15.2 Å². The van der Waals surface area contributed by atoms with Crippen molar-refractivity contribution in [3.63, 3.8) is 0 Å². The Labute approximate surface area is 169 Å². The van der Waals surface area contributed by atoms with Gasteiger partial charge in [0.05, 0.1) is 23.6 Å². The number of benzene rings is 2. The number of amides is 1. The zero-order chi connectivity index (χ0) is 20.3. The number of methoxy groups -OCH3 is 1. The molecule has 1 aliphatic rings. The maximum absolute atomic E-state index is 12.6. The highest BCUT2D eigenvalue weighted by Crippen LogP contribution is 2.34. The minimum atomic E-state index is -0.477. The summed E-state index contributed by atoms with van der Waals surface area (Å²) < 4.78 is 5.47. The van der Waals surface area contributed by atoms with E-state index in [2.05, 4.69) is 5.32 Å². The minimum Gasteiger partial charge on any atom is -0.504 e. The number of phenolic OH excluding ortho intramolecular Hbond substituents is 1. The zero-order valence-corrected chi connectivity index (χ0v) is 16.3. The van der Waals surface area contributed by atoms with Crippen molar-refractivity contribution in [2.24, 2.45) is 0 Å². The molecule has 0 bridgehead atoms. The summed E-state index contributed by atoms with van der Waals surface area (Å²) in [6.07, 6.45) is 1.67. The maximum atomic E-state index is 12.6. The van der Waals surface area contributed by atoms with Gasteiger partial charge >= 0.3 is 0 Å². The summed E-state index contributed by atoms with van der Waals surface area (Å²) >= 11 is 6.46. The summed E-state index contributed by atoms with van der Waals surface area (Å²) in [5.41, 5.74) is 1.31. The van der Waals surface area contributed by atoms with E-state index in [0.717, 1.165) is 0 Å². The lowest BCUT2D eigenvalue weighted by Crippen LogP contribution is -2.33. The van der Waals surface area contributed by atoms with E-state index in [0.29, 0.717) is 26.2 Å². The highest BCUT2D eigenvalue weighted by Gasteiger charge is 2.31. The molecular formula is C18H15N3O5S2. The lowest BCUT2D eigenvalue weighted by atomic mass is 10.2. The molecule has 144 valence electrons. The van der Waals surface area contributed by atoms with Gasteiger partial charge in [0.25, 0.3) is 11.6 Å². The Morgan fingerprint density at radius 2 is 2.04 bits per heavy atom. The van der Waals surface area contributed by atoms with Gasteiger partial charge in [0.15, 0.2) is 11.5 Å². The molecule has 1 heterocycles. The van der Waals surface area contributed by atoms with Crippen LogP contribution >= 0.6 is 24.0 Å². The number of carbonyl (C=O) groups excluding carboxylic acids is 1. The number of nitrogens with one attached hydrogen (secondary N) is 1. The molecule has 1 amide bonds.